The lowest BCUT2D eigenvalue weighted by molar-refractivity contribution is 0.722. The van der Waals surface area contributed by atoms with Crippen molar-refractivity contribution in [3.63, 3.8) is 0 Å². The minimum absolute atomic E-state index is 0.467. The minimum Gasteiger partial charge on any atom is -0.387 e. The first kappa shape index (κ1) is 11.9. The molecule has 2 rings (SSSR count). The van der Waals surface area contributed by atoms with Crippen LogP contribution in [0, 0.1) is 5.92 Å². The fourth-order valence-electron chi connectivity index (χ4n) is 2.02. The summed E-state index contributed by atoms with van der Waals surface area (Å²) in [5, 5.41) is 0.693. The van der Waals surface area contributed by atoms with E-state index in [1.54, 1.807) is 0 Å². The molecule has 1 fully saturated rings. The molecule has 0 aliphatic heterocycles. The van der Waals surface area contributed by atoms with E-state index in [1.165, 1.54) is 25.7 Å². The second kappa shape index (κ2) is 5.19. The molecule has 0 bridgehead atoms. The summed E-state index contributed by atoms with van der Waals surface area (Å²) in [4.78, 5) is 4.45. The predicted molar refractivity (Wildman–Crippen MR) is 72.4 cm³/mol. The van der Waals surface area contributed by atoms with Crippen LogP contribution in [0.4, 0.5) is 5.69 Å². The molecule has 0 saturated heterocycles. The van der Waals surface area contributed by atoms with E-state index in [0.29, 0.717) is 10.9 Å². The summed E-state index contributed by atoms with van der Waals surface area (Å²) in [6.07, 6.45) is 4.88. The van der Waals surface area contributed by atoms with E-state index < -0.39 is 0 Å². The van der Waals surface area contributed by atoms with E-state index in [4.69, 9.17) is 17.3 Å². The molecule has 0 atom stereocenters. The van der Waals surface area contributed by atoms with Gasteiger partial charge >= 0.3 is 0 Å². The summed E-state index contributed by atoms with van der Waals surface area (Å²) in [5.74, 6) is 1.22. The van der Waals surface area contributed by atoms with Crippen LogP contribution in [0.25, 0.3) is 0 Å². The van der Waals surface area contributed by atoms with Gasteiger partial charge in [0.15, 0.2) is 0 Å². The molecule has 0 unspecified atom stereocenters. The summed E-state index contributed by atoms with van der Waals surface area (Å²) in [6, 6.07) is 5.60. The van der Waals surface area contributed by atoms with Crippen molar-refractivity contribution in [1.82, 2.24) is 0 Å². The van der Waals surface area contributed by atoms with E-state index >= 15 is 0 Å². The molecule has 0 radical (unpaired) electrons. The zero-order valence-corrected chi connectivity index (χ0v) is 11.3. The number of hydrogen-bond donors (Lipinski definition) is 1. The maximum absolute atomic E-state index is 6.00. The van der Waals surface area contributed by atoms with Crippen LogP contribution in [-0.4, -0.2) is 5.84 Å². The van der Waals surface area contributed by atoms with Gasteiger partial charge in [0, 0.05) is 10.4 Å². The van der Waals surface area contributed by atoms with Gasteiger partial charge in [-0.3, -0.25) is 0 Å². The van der Waals surface area contributed by atoms with E-state index in [1.807, 2.05) is 18.2 Å². The quantitative estimate of drug-likeness (QED) is 0.642. The van der Waals surface area contributed by atoms with Gasteiger partial charge in [0.05, 0.1) is 10.7 Å². The Labute approximate surface area is 109 Å². The molecule has 2 N–H and O–H groups in total. The van der Waals surface area contributed by atoms with E-state index in [0.717, 1.165) is 16.0 Å². The lowest BCUT2D eigenvalue weighted by Gasteiger charge is -2.08. The third-order valence-electron chi connectivity index (χ3n) is 2.93. The summed E-state index contributed by atoms with van der Waals surface area (Å²) < 4.78 is 0.856. The van der Waals surface area contributed by atoms with E-state index in [9.17, 15) is 0 Å². The Morgan fingerprint density at radius 1 is 1.38 bits per heavy atom. The second-order valence-corrected chi connectivity index (χ2v) is 5.38. The molecule has 16 heavy (non-hydrogen) atoms. The summed E-state index contributed by atoms with van der Waals surface area (Å²) >= 11 is 9.30. The molecule has 0 spiro atoms. The van der Waals surface area contributed by atoms with Crippen LogP contribution >= 0.6 is 27.5 Å². The van der Waals surface area contributed by atoms with Crippen molar-refractivity contribution in [2.45, 2.75) is 25.7 Å². The highest BCUT2D eigenvalue weighted by Crippen LogP contribution is 2.29. The molecule has 1 aromatic rings. The van der Waals surface area contributed by atoms with E-state index in [2.05, 4.69) is 20.9 Å². The summed E-state index contributed by atoms with van der Waals surface area (Å²) in [6.45, 7) is 0. The highest BCUT2D eigenvalue weighted by molar-refractivity contribution is 9.10. The number of nitrogens with two attached hydrogens (primary N) is 1. The van der Waals surface area contributed by atoms with Crippen molar-refractivity contribution < 1.29 is 0 Å². The molecule has 1 aromatic carbocycles. The van der Waals surface area contributed by atoms with Crippen LogP contribution < -0.4 is 5.73 Å². The fourth-order valence-corrected chi connectivity index (χ4v) is 2.50. The molecule has 1 saturated carbocycles. The maximum atomic E-state index is 6.00. The van der Waals surface area contributed by atoms with Crippen molar-refractivity contribution in [2.24, 2.45) is 16.6 Å². The molecule has 2 nitrogen and oxygen atoms in total. The van der Waals surface area contributed by atoms with Crippen LogP contribution in [0.5, 0.6) is 0 Å². The second-order valence-electron chi connectivity index (χ2n) is 4.12. The highest BCUT2D eigenvalue weighted by Gasteiger charge is 2.18. The Kier molecular flexibility index (Phi) is 3.87. The Morgan fingerprint density at radius 3 is 2.69 bits per heavy atom. The molecule has 1 aliphatic rings. The highest BCUT2D eigenvalue weighted by atomic mass is 79.9. The topological polar surface area (TPSA) is 38.4 Å². The number of amidine groups is 1. The van der Waals surface area contributed by atoms with Gasteiger partial charge in [0.25, 0.3) is 0 Å². The van der Waals surface area contributed by atoms with Crippen molar-refractivity contribution in [2.75, 3.05) is 0 Å². The average Bonchev–Trinajstić information content (AvgIpc) is 2.77. The SMILES string of the molecule is NC(=Nc1ccc(Cl)c(Br)c1)C1CCCC1. The molecule has 4 heteroatoms. The van der Waals surface area contributed by atoms with Gasteiger partial charge in [-0.1, -0.05) is 24.4 Å². The number of rotatable bonds is 2. The van der Waals surface area contributed by atoms with Crippen LogP contribution in [0.3, 0.4) is 0 Å². The number of hydrogen-bond acceptors (Lipinski definition) is 1. The zero-order chi connectivity index (χ0) is 11.5. The van der Waals surface area contributed by atoms with Gasteiger partial charge < -0.3 is 5.73 Å². The van der Waals surface area contributed by atoms with Crippen LogP contribution in [-0.2, 0) is 0 Å². The number of nitrogens with zero attached hydrogens (tertiary/aromatic N) is 1. The Bertz CT molecular complexity index is 411. The van der Waals surface area contributed by atoms with Crippen molar-refractivity contribution in [1.29, 1.82) is 0 Å². The van der Waals surface area contributed by atoms with E-state index in [-0.39, 0.29) is 0 Å². The van der Waals surface area contributed by atoms with Crippen molar-refractivity contribution >= 4 is 39.1 Å². The van der Waals surface area contributed by atoms with Gasteiger partial charge in [0.1, 0.15) is 5.84 Å². The predicted octanol–water partition coefficient (Wildman–Crippen LogP) is 4.28. The first-order chi connectivity index (χ1) is 7.66. The standard InChI is InChI=1S/C12H14BrClN2/c13-10-7-9(5-6-11(10)14)16-12(15)8-3-1-2-4-8/h5-8H,1-4H2,(H2,15,16). The average molecular weight is 302 g/mol. The first-order valence-electron chi connectivity index (χ1n) is 5.46. The Morgan fingerprint density at radius 2 is 2.06 bits per heavy atom. The molecule has 0 aromatic heterocycles. The first-order valence-corrected chi connectivity index (χ1v) is 6.63. The van der Waals surface area contributed by atoms with Crippen molar-refractivity contribution in [3.05, 3.63) is 27.7 Å². The van der Waals surface area contributed by atoms with Gasteiger partial charge in [-0.25, -0.2) is 4.99 Å². The molecule has 86 valence electrons. The molecular weight excluding hydrogens is 288 g/mol. The number of benzene rings is 1. The Balaban J connectivity index is 2.17. The van der Waals surface area contributed by atoms with Gasteiger partial charge in [-0.05, 0) is 47.0 Å². The van der Waals surface area contributed by atoms with Gasteiger partial charge in [-0.2, -0.15) is 0 Å². The van der Waals surface area contributed by atoms with Crippen LogP contribution in [0.1, 0.15) is 25.7 Å². The van der Waals surface area contributed by atoms with Crippen molar-refractivity contribution in [3.8, 4) is 0 Å². The molecular formula is C12H14BrClN2. The largest absolute Gasteiger partial charge is 0.387 e. The lowest BCUT2D eigenvalue weighted by atomic mass is 10.1. The van der Waals surface area contributed by atoms with Crippen LogP contribution in [0.15, 0.2) is 27.7 Å². The van der Waals surface area contributed by atoms with Gasteiger partial charge in [0.2, 0.25) is 0 Å². The Hall–Kier alpha value is -0.540. The minimum atomic E-state index is 0.467. The lowest BCUT2D eigenvalue weighted by Crippen LogP contribution is -2.20. The normalized spacial score (nSPS) is 18.0. The zero-order valence-electron chi connectivity index (χ0n) is 8.92. The maximum Gasteiger partial charge on any atom is 0.103 e. The third kappa shape index (κ3) is 2.77. The summed E-state index contributed by atoms with van der Waals surface area (Å²) in [5.41, 5.74) is 6.86. The molecule has 0 heterocycles. The summed E-state index contributed by atoms with van der Waals surface area (Å²) in [7, 11) is 0. The number of aliphatic imine (C=N–C) groups is 1. The van der Waals surface area contributed by atoms with Crippen LogP contribution in [0.2, 0.25) is 5.02 Å². The monoisotopic (exact) mass is 300 g/mol. The smallest absolute Gasteiger partial charge is 0.103 e. The van der Waals surface area contributed by atoms with Gasteiger partial charge in [-0.15, -0.1) is 0 Å². The fraction of sp³-hybridized carbons (Fsp3) is 0.417. The number of halogens is 2. The molecule has 1 aliphatic carbocycles. The molecule has 0 amide bonds. The third-order valence-corrected chi connectivity index (χ3v) is 4.15.